The van der Waals surface area contributed by atoms with Crippen LogP contribution < -0.4 is 0 Å². The Bertz CT molecular complexity index is 403. The van der Waals surface area contributed by atoms with Gasteiger partial charge in [0.1, 0.15) is 0 Å². The Morgan fingerprint density at radius 3 is 2.73 bits per heavy atom. The highest BCUT2D eigenvalue weighted by atomic mass is 16.4. The number of hydrogen-bond donors (Lipinski definition) is 1. The Labute approximate surface area is 89.6 Å². The van der Waals surface area contributed by atoms with Crippen molar-refractivity contribution >= 4 is 12.0 Å². The highest BCUT2D eigenvalue weighted by Gasteiger charge is 1.99. The number of carbonyl (C=O) groups is 1. The lowest BCUT2D eigenvalue weighted by atomic mass is 10.0. The summed E-state index contributed by atoms with van der Waals surface area (Å²) >= 11 is 0. The van der Waals surface area contributed by atoms with Crippen molar-refractivity contribution in [2.75, 3.05) is 0 Å². The van der Waals surface area contributed by atoms with E-state index < -0.39 is 5.97 Å². The van der Waals surface area contributed by atoms with E-state index in [2.05, 4.69) is 6.58 Å². The maximum absolute atomic E-state index is 10.4. The van der Waals surface area contributed by atoms with Gasteiger partial charge in [0.15, 0.2) is 0 Å². The first-order valence-corrected chi connectivity index (χ1v) is 4.73. The Hall–Kier alpha value is -1.83. The standard InChI is InChI=1S/C13H14O2/c1-10(2)9-12-6-4-3-5-11(12)7-8-13(14)15/h3-8H,1,9H2,2H3,(H,14,15)/b8-7+. The molecule has 0 radical (unpaired) electrons. The number of hydrogen-bond acceptors (Lipinski definition) is 1. The molecule has 0 aliphatic carbocycles. The summed E-state index contributed by atoms with van der Waals surface area (Å²) < 4.78 is 0. The van der Waals surface area contributed by atoms with Crippen LogP contribution in [0.4, 0.5) is 0 Å². The van der Waals surface area contributed by atoms with Gasteiger partial charge in [-0.1, -0.05) is 36.4 Å². The van der Waals surface area contributed by atoms with Crippen molar-refractivity contribution in [3.8, 4) is 0 Å². The maximum atomic E-state index is 10.4. The van der Waals surface area contributed by atoms with Crippen molar-refractivity contribution in [2.45, 2.75) is 13.3 Å². The minimum absolute atomic E-state index is 0.778. The van der Waals surface area contributed by atoms with Gasteiger partial charge in [-0.05, 0) is 30.5 Å². The molecule has 1 aromatic carbocycles. The van der Waals surface area contributed by atoms with Gasteiger partial charge in [0, 0.05) is 6.08 Å². The molecule has 15 heavy (non-hydrogen) atoms. The van der Waals surface area contributed by atoms with E-state index >= 15 is 0 Å². The first kappa shape index (κ1) is 11.2. The number of benzene rings is 1. The maximum Gasteiger partial charge on any atom is 0.328 e. The highest BCUT2D eigenvalue weighted by Crippen LogP contribution is 2.14. The number of allylic oxidation sites excluding steroid dienone is 1. The second-order valence-electron chi connectivity index (χ2n) is 3.50. The van der Waals surface area contributed by atoms with Crippen molar-refractivity contribution in [1.82, 2.24) is 0 Å². The summed E-state index contributed by atoms with van der Waals surface area (Å²) in [4.78, 5) is 10.4. The largest absolute Gasteiger partial charge is 0.478 e. The average Bonchev–Trinajstić information content (AvgIpc) is 2.15. The monoisotopic (exact) mass is 202 g/mol. The summed E-state index contributed by atoms with van der Waals surface area (Å²) in [7, 11) is 0. The molecule has 2 nitrogen and oxygen atoms in total. The lowest BCUT2D eigenvalue weighted by Crippen LogP contribution is -1.91. The summed E-state index contributed by atoms with van der Waals surface area (Å²) in [5.74, 6) is -0.930. The van der Waals surface area contributed by atoms with Crippen LogP contribution in [0.25, 0.3) is 6.08 Å². The third-order valence-electron chi connectivity index (χ3n) is 1.95. The normalized spacial score (nSPS) is 10.5. The molecule has 1 aromatic rings. The molecule has 0 unspecified atom stereocenters. The van der Waals surface area contributed by atoms with Crippen molar-refractivity contribution < 1.29 is 9.90 Å². The minimum atomic E-state index is -0.930. The van der Waals surface area contributed by atoms with E-state index in [9.17, 15) is 4.79 Å². The van der Waals surface area contributed by atoms with Crippen LogP contribution in [0, 0.1) is 0 Å². The molecule has 2 heteroatoms. The molecule has 0 atom stereocenters. The van der Waals surface area contributed by atoms with Crippen LogP contribution in [0.3, 0.4) is 0 Å². The number of carboxylic acids is 1. The molecular formula is C13H14O2. The van der Waals surface area contributed by atoms with E-state index in [0.29, 0.717) is 0 Å². The third kappa shape index (κ3) is 3.81. The van der Waals surface area contributed by atoms with Crippen LogP contribution in [-0.2, 0) is 11.2 Å². The van der Waals surface area contributed by atoms with Crippen molar-refractivity contribution in [3.63, 3.8) is 0 Å². The minimum Gasteiger partial charge on any atom is -0.478 e. The smallest absolute Gasteiger partial charge is 0.328 e. The molecule has 1 N–H and O–H groups in total. The quantitative estimate of drug-likeness (QED) is 0.602. The van der Waals surface area contributed by atoms with Gasteiger partial charge in [-0.15, -0.1) is 0 Å². The predicted octanol–water partition coefficient (Wildman–Crippen LogP) is 2.90. The molecule has 0 saturated carbocycles. The Balaban J connectivity index is 2.95. The molecule has 0 aromatic heterocycles. The second kappa shape index (κ2) is 5.15. The Morgan fingerprint density at radius 2 is 2.13 bits per heavy atom. The molecule has 0 heterocycles. The van der Waals surface area contributed by atoms with Crippen LogP contribution in [-0.4, -0.2) is 11.1 Å². The van der Waals surface area contributed by atoms with E-state index in [1.54, 1.807) is 6.08 Å². The Morgan fingerprint density at radius 1 is 1.47 bits per heavy atom. The molecule has 0 saturated heterocycles. The number of aliphatic carboxylic acids is 1. The zero-order chi connectivity index (χ0) is 11.3. The molecule has 0 aliphatic rings. The van der Waals surface area contributed by atoms with Gasteiger partial charge in [0.25, 0.3) is 0 Å². The zero-order valence-electron chi connectivity index (χ0n) is 8.73. The average molecular weight is 202 g/mol. The molecule has 0 spiro atoms. The summed E-state index contributed by atoms with van der Waals surface area (Å²) in [6.45, 7) is 5.80. The van der Waals surface area contributed by atoms with Gasteiger partial charge in [-0.3, -0.25) is 0 Å². The van der Waals surface area contributed by atoms with Gasteiger partial charge in [0.2, 0.25) is 0 Å². The molecule has 0 fully saturated rings. The third-order valence-corrected chi connectivity index (χ3v) is 1.95. The van der Waals surface area contributed by atoms with Crippen molar-refractivity contribution in [1.29, 1.82) is 0 Å². The number of rotatable bonds is 4. The van der Waals surface area contributed by atoms with Gasteiger partial charge in [-0.25, -0.2) is 4.79 Å². The highest BCUT2D eigenvalue weighted by molar-refractivity contribution is 5.85. The number of carboxylic acid groups (broad SMARTS) is 1. The first-order valence-electron chi connectivity index (χ1n) is 4.73. The van der Waals surface area contributed by atoms with Gasteiger partial charge in [0.05, 0.1) is 0 Å². The van der Waals surface area contributed by atoms with E-state index in [-0.39, 0.29) is 0 Å². The van der Waals surface area contributed by atoms with Crippen LogP contribution in [0.5, 0.6) is 0 Å². The van der Waals surface area contributed by atoms with E-state index in [1.807, 2.05) is 31.2 Å². The van der Waals surface area contributed by atoms with E-state index in [4.69, 9.17) is 5.11 Å². The summed E-state index contributed by atoms with van der Waals surface area (Å²) in [5.41, 5.74) is 3.09. The van der Waals surface area contributed by atoms with Crippen LogP contribution in [0.15, 0.2) is 42.5 Å². The second-order valence-corrected chi connectivity index (χ2v) is 3.50. The molecule has 1 rings (SSSR count). The zero-order valence-corrected chi connectivity index (χ0v) is 8.73. The molecule has 0 aliphatic heterocycles. The fourth-order valence-electron chi connectivity index (χ4n) is 1.34. The fourth-order valence-corrected chi connectivity index (χ4v) is 1.34. The van der Waals surface area contributed by atoms with Crippen LogP contribution in [0.2, 0.25) is 0 Å². The fraction of sp³-hybridized carbons (Fsp3) is 0.154. The molecular weight excluding hydrogens is 188 g/mol. The molecule has 0 bridgehead atoms. The molecule has 0 amide bonds. The Kier molecular flexibility index (Phi) is 3.86. The van der Waals surface area contributed by atoms with Gasteiger partial charge < -0.3 is 5.11 Å². The predicted molar refractivity (Wildman–Crippen MR) is 61.6 cm³/mol. The summed E-state index contributed by atoms with van der Waals surface area (Å²) in [6, 6.07) is 7.72. The van der Waals surface area contributed by atoms with Crippen LogP contribution in [0.1, 0.15) is 18.1 Å². The van der Waals surface area contributed by atoms with E-state index in [1.165, 1.54) is 0 Å². The van der Waals surface area contributed by atoms with Gasteiger partial charge in [-0.2, -0.15) is 0 Å². The first-order chi connectivity index (χ1) is 7.09. The van der Waals surface area contributed by atoms with Crippen LogP contribution >= 0.6 is 0 Å². The SMILES string of the molecule is C=C(C)Cc1ccccc1/C=C/C(=O)O. The summed E-state index contributed by atoms with van der Waals surface area (Å²) in [5, 5.41) is 8.54. The van der Waals surface area contributed by atoms with Crippen molar-refractivity contribution in [2.24, 2.45) is 0 Å². The lowest BCUT2D eigenvalue weighted by Gasteiger charge is -2.04. The lowest BCUT2D eigenvalue weighted by molar-refractivity contribution is -0.131. The van der Waals surface area contributed by atoms with Crippen molar-refractivity contribution in [3.05, 3.63) is 53.6 Å². The summed E-state index contributed by atoms with van der Waals surface area (Å²) in [6.07, 6.45) is 3.54. The van der Waals surface area contributed by atoms with Gasteiger partial charge >= 0.3 is 5.97 Å². The molecule has 78 valence electrons. The topological polar surface area (TPSA) is 37.3 Å². The van der Waals surface area contributed by atoms with E-state index in [0.717, 1.165) is 29.2 Å².